The van der Waals surface area contributed by atoms with Gasteiger partial charge in [0.2, 0.25) is 0 Å². The molecule has 0 aromatic rings. The van der Waals surface area contributed by atoms with Crippen LogP contribution in [0.1, 0.15) is 239 Å². The maximum absolute atomic E-state index is 12.8. The van der Waals surface area contributed by atoms with Gasteiger partial charge in [-0.25, -0.2) is 0 Å². The van der Waals surface area contributed by atoms with Crippen molar-refractivity contribution >= 4 is 17.9 Å². The van der Waals surface area contributed by atoms with Crippen LogP contribution < -0.4 is 0 Å². The summed E-state index contributed by atoms with van der Waals surface area (Å²) in [5, 5.41) is 0. The molecule has 0 radical (unpaired) electrons. The van der Waals surface area contributed by atoms with Gasteiger partial charge in [-0.15, -0.1) is 0 Å². The molecule has 0 aromatic heterocycles. The summed E-state index contributed by atoms with van der Waals surface area (Å²) in [6.07, 6.45) is 65.6. The van der Waals surface area contributed by atoms with E-state index >= 15 is 0 Å². The molecule has 0 amide bonds. The highest BCUT2D eigenvalue weighted by Crippen LogP contribution is 2.13. The highest BCUT2D eigenvalue weighted by atomic mass is 16.6. The van der Waals surface area contributed by atoms with Crippen molar-refractivity contribution in [3.63, 3.8) is 0 Å². The van der Waals surface area contributed by atoms with Crippen LogP contribution in [0.4, 0.5) is 0 Å². The fourth-order valence-electron chi connectivity index (χ4n) is 6.90. The number of carbonyl (C=O) groups is 3. The van der Waals surface area contributed by atoms with E-state index in [0.29, 0.717) is 19.3 Å². The smallest absolute Gasteiger partial charge is 0.306 e. The highest BCUT2D eigenvalue weighted by molar-refractivity contribution is 5.71. The zero-order valence-electron chi connectivity index (χ0n) is 41.1. The maximum atomic E-state index is 12.8. The first-order valence-electron chi connectivity index (χ1n) is 26.1. The van der Waals surface area contributed by atoms with Crippen LogP contribution in [0.5, 0.6) is 0 Å². The Kier molecular flexibility index (Phi) is 48.5. The van der Waals surface area contributed by atoms with E-state index < -0.39 is 6.10 Å². The highest BCUT2D eigenvalue weighted by Gasteiger charge is 2.19. The Morgan fingerprint density at radius 2 is 0.571 bits per heavy atom. The van der Waals surface area contributed by atoms with Crippen molar-refractivity contribution in [2.45, 2.75) is 245 Å². The standard InChI is InChI=1S/C57H96O6/c1-4-7-10-13-16-19-22-24-26-27-28-29-31-32-35-38-41-44-47-50-56(59)62-53-54(52-61-55(58)49-46-43-40-37-34-21-18-15-12-9-6-3)63-57(60)51-48-45-42-39-36-33-30-25-23-20-17-14-11-8-5-2/h16-17,19-20,24-26,28-30,32,35-36,39,54H,4-15,18,21-23,27,31,33-34,37-38,40-53H2,1-3H3/b19-16-,20-17-,26-24-,29-28-,30-25-,35-32-,39-36-/t54-/m1/s1. The van der Waals surface area contributed by atoms with Gasteiger partial charge < -0.3 is 14.2 Å². The van der Waals surface area contributed by atoms with E-state index in [2.05, 4.69) is 106 Å². The monoisotopic (exact) mass is 877 g/mol. The number of carbonyl (C=O) groups excluding carboxylic acids is 3. The Balaban J connectivity index is 4.48. The van der Waals surface area contributed by atoms with Crippen molar-refractivity contribution in [3.05, 3.63) is 85.1 Å². The number of hydrogen-bond donors (Lipinski definition) is 0. The van der Waals surface area contributed by atoms with Crippen LogP contribution in [0.15, 0.2) is 85.1 Å². The molecule has 0 aliphatic carbocycles. The van der Waals surface area contributed by atoms with E-state index in [1.807, 2.05) is 0 Å². The third-order valence-electron chi connectivity index (χ3n) is 10.9. The van der Waals surface area contributed by atoms with Crippen molar-refractivity contribution in [1.82, 2.24) is 0 Å². The van der Waals surface area contributed by atoms with Crippen molar-refractivity contribution in [1.29, 1.82) is 0 Å². The first-order chi connectivity index (χ1) is 31.0. The number of hydrogen-bond acceptors (Lipinski definition) is 6. The third-order valence-corrected chi connectivity index (χ3v) is 10.9. The molecule has 0 spiro atoms. The molecule has 6 nitrogen and oxygen atoms in total. The number of rotatable bonds is 46. The summed E-state index contributed by atoms with van der Waals surface area (Å²) in [5.74, 6) is -0.974. The van der Waals surface area contributed by atoms with Crippen LogP contribution in [0, 0.1) is 0 Å². The van der Waals surface area contributed by atoms with E-state index in [1.54, 1.807) is 0 Å². The van der Waals surface area contributed by atoms with Crippen molar-refractivity contribution in [2.75, 3.05) is 13.2 Å². The third kappa shape index (κ3) is 49.5. The first kappa shape index (κ1) is 59.6. The number of esters is 3. The Morgan fingerprint density at radius 3 is 0.952 bits per heavy atom. The van der Waals surface area contributed by atoms with Crippen LogP contribution in [0.3, 0.4) is 0 Å². The summed E-state index contributed by atoms with van der Waals surface area (Å²) in [4.78, 5) is 37.9. The molecule has 0 fully saturated rings. The second kappa shape index (κ2) is 51.2. The number of unbranched alkanes of at least 4 members (excludes halogenated alkanes) is 21. The van der Waals surface area contributed by atoms with Crippen LogP contribution >= 0.6 is 0 Å². The Hall–Kier alpha value is -3.41. The molecule has 0 aliphatic heterocycles. The van der Waals surface area contributed by atoms with Gasteiger partial charge in [-0.05, 0) is 103 Å². The van der Waals surface area contributed by atoms with Gasteiger partial charge in [0.15, 0.2) is 6.10 Å². The van der Waals surface area contributed by atoms with E-state index in [4.69, 9.17) is 14.2 Å². The lowest BCUT2D eigenvalue weighted by molar-refractivity contribution is -0.167. The lowest BCUT2D eigenvalue weighted by atomic mass is 10.1. The summed E-state index contributed by atoms with van der Waals surface area (Å²) >= 11 is 0. The summed E-state index contributed by atoms with van der Waals surface area (Å²) in [6, 6.07) is 0. The van der Waals surface area contributed by atoms with Gasteiger partial charge in [-0.1, -0.05) is 202 Å². The molecule has 0 aromatic carbocycles. The van der Waals surface area contributed by atoms with Crippen molar-refractivity contribution in [3.8, 4) is 0 Å². The molecule has 0 saturated heterocycles. The molecule has 0 saturated carbocycles. The van der Waals surface area contributed by atoms with Gasteiger partial charge in [-0.2, -0.15) is 0 Å². The summed E-state index contributed by atoms with van der Waals surface area (Å²) < 4.78 is 16.7. The number of allylic oxidation sites excluding steroid dienone is 14. The molecule has 0 N–H and O–H groups in total. The fraction of sp³-hybridized carbons (Fsp3) is 0.702. The molecule has 63 heavy (non-hydrogen) atoms. The van der Waals surface area contributed by atoms with E-state index in [-0.39, 0.29) is 37.5 Å². The van der Waals surface area contributed by atoms with Gasteiger partial charge >= 0.3 is 17.9 Å². The maximum Gasteiger partial charge on any atom is 0.306 e. The molecule has 1 atom stereocenters. The largest absolute Gasteiger partial charge is 0.462 e. The average molecular weight is 877 g/mol. The average Bonchev–Trinajstić information content (AvgIpc) is 3.28. The topological polar surface area (TPSA) is 78.9 Å². The van der Waals surface area contributed by atoms with Crippen LogP contribution in [0.25, 0.3) is 0 Å². The van der Waals surface area contributed by atoms with Gasteiger partial charge in [0.05, 0.1) is 0 Å². The fourth-order valence-corrected chi connectivity index (χ4v) is 6.90. The van der Waals surface area contributed by atoms with Crippen LogP contribution in [-0.4, -0.2) is 37.2 Å². The Labute approximate surface area is 388 Å². The molecule has 0 aliphatic rings. The van der Waals surface area contributed by atoms with Gasteiger partial charge in [0, 0.05) is 19.3 Å². The van der Waals surface area contributed by atoms with Crippen molar-refractivity contribution < 1.29 is 28.6 Å². The summed E-state index contributed by atoms with van der Waals surface area (Å²) in [7, 11) is 0. The second-order valence-electron chi connectivity index (χ2n) is 17.1. The SMILES string of the molecule is CCCCC/C=C\C/C=C\C/C=C\C/C=C\CCCCCC(=O)OC[C@@H](COC(=O)CCCCCCCCCCCCC)OC(=O)CCCC/C=C\C/C=C\C/C=C\CCCCC. The van der Waals surface area contributed by atoms with E-state index in [0.717, 1.165) is 89.9 Å². The molecular weight excluding hydrogens is 781 g/mol. The predicted molar refractivity (Wildman–Crippen MR) is 270 cm³/mol. The normalized spacial score (nSPS) is 12.7. The molecule has 0 bridgehead atoms. The minimum atomic E-state index is -0.807. The zero-order chi connectivity index (χ0) is 45.8. The molecule has 0 heterocycles. The second-order valence-corrected chi connectivity index (χ2v) is 17.1. The Bertz CT molecular complexity index is 1240. The molecule has 0 unspecified atom stereocenters. The van der Waals surface area contributed by atoms with Gasteiger partial charge in [0.25, 0.3) is 0 Å². The lowest BCUT2D eigenvalue weighted by Crippen LogP contribution is -2.30. The van der Waals surface area contributed by atoms with Gasteiger partial charge in [-0.3, -0.25) is 14.4 Å². The predicted octanol–water partition coefficient (Wildman–Crippen LogP) is 17.2. The minimum Gasteiger partial charge on any atom is -0.462 e. The van der Waals surface area contributed by atoms with Crippen LogP contribution in [0.2, 0.25) is 0 Å². The molecule has 6 heteroatoms. The minimum absolute atomic E-state index is 0.101. The Morgan fingerprint density at radius 1 is 0.317 bits per heavy atom. The number of ether oxygens (including phenoxy) is 3. The quantitative estimate of drug-likeness (QED) is 0.0262. The molecule has 360 valence electrons. The van der Waals surface area contributed by atoms with Crippen LogP contribution in [-0.2, 0) is 28.6 Å². The molecular formula is C57H96O6. The van der Waals surface area contributed by atoms with E-state index in [9.17, 15) is 14.4 Å². The summed E-state index contributed by atoms with van der Waals surface area (Å²) in [6.45, 7) is 6.51. The van der Waals surface area contributed by atoms with Crippen molar-refractivity contribution in [2.24, 2.45) is 0 Å². The zero-order valence-corrected chi connectivity index (χ0v) is 41.1. The molecule has 0 rings (SSSR count). The van der Waals surface area contributed by atoms with Gasteiger partial charge in [0.1, 0.15) is 13.2 Å². The first-order valence-corrected chi connectivity index (χ1v) is 26.1. The summed E-state index contributed by atoms with van der Waals surface area (Å²) in [5.41, 5.74) is 0. The lowest BCUT2D eigenvalue weighted by Gasteiger charge is -2.18. The van der Waals surface area contributed by atoms with E-state index in [1.165, 1.54) is 103 Å².